The van der Waals surface area contributed by atoms with Crippen molar-refractivity contribution in [1.82, 2.24) is 0 Å². The lowest BCUT2D eigenvalue weighted by Gasteiger charge is -2.28. The van der Waals surface area contributed by atoms with Crippen molar-refractivity contribution in [3.63, 3.8) is 0 Å². The predicted octanol–water partition coefficient (Wildman–Crippen LogP) is 6.68. The van der Waals surface area contributed by atoms with Crippen LogP contribution in [-0.2, 0) is 9.47 Å². The van der Waals surface area contributed by atoms with Gasteiger partial charge in [0, 0.05) is 0 Å². The Morgan fingerprint density at radius 1 is 0.913 bits per heavy atom. The third kappa shape index (κ3) is 7.85. The van der Waals surface area contributed by atoms with Gasteiger partial charge in [-0.3, -0.25) is 0 Å². The van der Waals surface area contributed by atoms with Gasteiger partial charge in [-0.1, -0.05) is 46.5 Å². The van der Waals surface area contributed by atoms with Crippen molar-refractivity contribution < 1.29 is 18.3 Å². The summed E-state index contributed by atoms with van der Waals surface area (Å²) in [6.45, 7) is 9.53. The Labute approximate surface area is 140 Å². The molecule has 0 N–H and O–H groups in total. The van der Waals surface area contributed by atoms with Crippen LogP contribution in [0.5, 0.6) is 0 Å². The minimum Gasteiger partial charge on any atom is -0.498 e. The maximum atomic E-state index is 13.8. The molecule has 0 aromatic rings. The van der Waals surface area contributed by atoms with Crippen molar-refractivity contribution in [2.75, 3.05) is 13.7 Å². The van der Waals surface area contributed by atoms with Crippen LogP contribution in [0.15, 0.2) is 23.2 Å². The number of allylic oxidation sites excluding steroid dienone is 4. The second-order valence-electron chi connectivity index (χ2n) is 5.93. The molecule has 1 rings (SSSR count). The number of hydrogen-bond acceptors (Lipinski definition) is 2. The molecular weight excluding hydrogens is 298 g/mol. The summed E-state index contributed by atoms with van der Waals surface area (Å²) in [6.07, 6.45) is 7.23. The molecule has 0 aromatic carbocycles. The summed E-state index contributed by atoms with van der Waals surface area (Å²) < 4.78 is 37.5. The van der Waals surface area contributed by atoms with Crippen molar-refractivity contribution >= 4 is 0 Å². The summed E-state index contributed by atoms with van der Waals surface area (Å²) >= 11 is 0. The Balaban J connectivity index is 0.00000232. The van der Waals surface area contributed by atoms with Gasteiger partial charge in [0.2, 0.25) is 0 Å². The number of halogens is 2. The molecule has 0 bridgehead atoms. The molecule has 0 heterocycles. The molecule has 0 amide bonds. The number of ether oxygens (including phenoxy) is 2. The molecule has 0 spiro atoms. The monoisotopic (exact) mass is 332 g/mol. The minimum atomic E-state index is -0.985. The molecule has 0 unspecified atom stereocenters. The quantitative estimate of drug-likeness (QED) is 0.382. The van der Waals surface area contributed by atoms with Crippen molar-refractivity contribution in [2.45, 2.75) is 73.1 Å². The van der Waals surface area contributed by atoms with Crippen LogP contribution in [0.2, 0.25) is 0 Å². The first-order chi connectivity index (χ1) is 11.0. The highest BCUT2D eigenvalue weighted by Gasteiger charge is 2.22. The Bertz CT molecular complexity index is 381. The van der Waals surface area contributed by atoms with Gasteiger partial charge < -0.3 is 9.47 Å². The first kappa shape index (κ1) is 21.9. The van der Waals surface area contributed by atoms with Gasteiger partial charge in [-0.2, -0.15) is 8.78 Å². The van der Waals surface area contributed by atoms with E-state index in [-0.39, 0.29) is 11.5 Å². The Hall–Kier alpha value is -1.06. The average Bonchev–Trinajstić information content (AvgIpc) is 2.60. The molecule has 0 aliphatic heterocycles. The van der Waals surface area contributed by atoms with E-state index in [1.165, 1.54) is 46.6 Å². The summed E-state index contributed by atoms with van der Waals surface area (Å²) in [7, 11) is 1.31. The lowest BCUT2D eigenvalue weighted by molar-refractivity contribution is 0.122. The van der Waals surface area contributed by atoms with Crippen LogP contribution in [0.25, 0.3) is 0 Å². The smallest absolute Gasteiger partial charge is 0.199 e. The summed E-state index contributed by atoms with van der Waals surface area (Å²) in [5, 5.41) is 0. The standard InChI is InChI=1S/C17H28F2O2.C2H6/c1-5-6-14-7-9-15(10-8-14)11-21-13(3)17(19)16(18)12(2)20-4;1-2/h14-15H,5-11H2,1-4H3;1-2H3/b16-12-,17-13-;. The van der Waals surface area contributed by atoms with Crippen molar-refractivity contribution in [3.05, 3.63) is 23.2 Å². The van der Waals surface area contributed by atoms with Gasteiger partial charge in [-0.15, -0.1) is 0 Å². The largest absolute Gasteiger partial charge is 0.498 e. The maximum Gasteiger partial charge on any atom is 0.199 e. The van der Waals surface area contributed by atoms with E-state index in [1.807, 2.05) is 13.8 Å². The SMILES string of the molecule is CC.CCCC1CCC(CO/C(C)=C(F)/C(F)=C(\C)OC)CC1. The van der Waals surface area contributed by atoms with Gasteiger partial charge in [0.05, 0.1) is 13.7 Å². The highest BCUT2D eigenvalue weighted by Crippen LogP contribution is 2.32. The Kier molecular flexibility index (Phi) is 11.8. The van der Waals surface area contributed by atoms with Gasteiger partial charge in [0.25, 0.3) is 0 Å². The van der Waals surface area contributed by atoms with Crippen LogP contribution in [0, 0.1) is 11.8 Å². The molecule has 23 heavy (non-hydrogen) atoms. The molecule has 0 radical (unpaired) electrons. The first-order valence-corrected chi connectivity index (χ1v) is 8.89. The zero-order chi connectivity index (χ0) is 17.8. The van der Waals surface area contributed by atoms with Crippen LogP contribution in [0.4, 0.5) is 8.78 Å². The van der Waals surface area contributed by atoms with E-state index in [9.17, 15) is 8.78 Å². The number of methoxy groups -OCH3 is 1. The van der Waals surface area contributed by atoms with E-state index in [0.717, 1.165) is 18.8 Å². The second kappa shape index (κ2) is 12.4. The molecule has 1 saturated carbocycles. The van der Waals surface area contributed by atoms with E-state index in [1.54, 1.807) is 0 Å². The van der Waals surface area contributed by atoms with Gasteiger partial charge in [0.1, 0.15) is 11.5 Å². The van der Waals surface area contributed by atoms with Gasteiger partial charge in [0.15, 0.2) is 11.7 Å². The predicted molar refractivity (Wildman–Crippen MR) is 92.3 cm³/mol. The molecule has 1 fully saturated rings. The molecule has 1 aliphatic carbocycles. The van der Waals surface area contributed by atoms with Crippen molar-refractivity contribution in [2.24, 2.45) is 11.8 Å². The van der Waals surface area contributed by atoms with Gasteiger partial charge in [-0.05, 0) is 38.5 Å². The van der Waals surface area contributed by atoms with Crippen molar-refractivity contribution in [3.8, 4) is 0 Å². The van der Waals surface area contributed by atoms with E-state index in [0.29, 0.717) is 12.5 Å². The highest BCUT2D eigenvalue weighted by atomic mass is 19.2. The Morgan fingerprint density at radius 3 is 1.87 bits per heavy atom. The molecule has 2 nitrogen and oxygen atoms in total. The molecule has 0 atom stereocenters. The van der Waals surface area contributed by atoms with Gasteiger partial charge in [-0.25, -0.2) is 0 Å². The van der Waals surface area contributed by atoms with E-state index in [4.69, 9.17) is 4.74 Å². The van der Waals surface area contributed by atoms with Crippen molar-refractivity contribution in [1.29, 1.82) is 0 Å². The fraction of sp³-hybridized carbons (Fsp3) is 0.789. The normalized spacial score (nSPS) is 23.1. The zero-order valence-electron chi connectivity index (χ0n) is 15.7. The average molecular weight is 332 g/mol. The molecule has 1 aliphatic rings. The molecule has 0 aromatic heterocycles. The molecule has 4 heteroatoms. The second-order valence-corrected chi connectivity index (χ2v) is 5.93. The third-order valence-corrected chi connectivity index (χ3v) is 4.32. The number of rotatable bonds is 7. The fourth-order valence-electron chi connectivity index (χ4n) is 2.80. The molecule has 136 valence electrons. The third-order valence-electron chi connectivity index (χ3n) is 4.32. The first-order valence-electron chi connectivity index (χ1n) is 8.89. The minimum absolute atomic E-state index is 0.000387. The summed E-state index contributed by atoms with van der Waals surface area (Å²) in [4.78, 5) is 0. The fourth-order valence-corrected chi connectivity index (χ4v) is 2.80. The molecular formula is C19H34F2O2. The number of hydrogen-bond donors (Lipinski definition) is 0. The van der Waals surface area contributed by atoms with Crippen LogP contribution in [0.3, 0.4) is 0 Å². The van der Waals surface area contributed by atoms with E-state index < -0.39 is 11.7 Å². The topological polar surface area (TPSA) is 18.5 Å². The lowest BCUT2D eigenvalue weighted by atomic mass is 9.80. The van der Waals surface area contributed by atoms with E-state index >= 15 is 0 Å². The van der Waals surface area contributed by atoms with Crippen LogP contribution >= 0.6 is 0 Å². The summed E-state index contributed by atoms with van der Waals surface area (Å²) in [5.41, 5.74) is 0. The van der Waals surface area contributed by atoms with Crippen LogP contribution in [-0.4, -0.2) is 13.7 Å². The summed E-state index contributed by atoms with van der Waals surface area (Å²) in [5.74, 6) is -0.730. The summed E-state index contributed by atoms with van der Waals surface area (Å²) in [6, 6.07) is 0. The lowest BCUT2D eigenvalue weighted by Crippen LogP contribution is -2.18. The maximum absolute atomic E-state index is 13.8. The zero-order valence-corrected chi connectivity index (χ0v) is 15.7. The van der Waals surface area contributed by atoms with Crippen LogP contribution in [0.1, 0.15) is 73.1 Å². The van der Waals surface area contributed by atoms with Gasteiger partial charge >= 0.3 is 0 Å². The van der Waals surface area contributed by atoms with E-state index in [2.05, 4.69) is 11.7 Å². The Morgan fingerprint density at radius 2 is 1.39 bits per heavy atom. The highest BCUT2D eigenvalue weighted by molar-refractivity contribution is 5.23. The molecule has 0 saturated heterocycles. The van der Waals surface area contributed by atoms with Crippen LogP contribution < -0.4 is 0 Å².